The molecule has 2 atom stereocenters. The number of hydrazone groups is 1. The van der Waals surface area contributed by atoms with Crippen molar-refractivity contribution in [3.05, 3.63) is 94.5 Å². The molecule has 0 radical (unpaired) electrons. The van der Waals surface area contributed by atoms with Crippen molar-refractivity contribution in [3.63, 3.8) is 0 Å². The molecule has 2 aliphatic rings. The minimum absolute atomic E-state index is 0.0132. The Labute approximate surface area is 224 Å². The second-order valence-electron chi connectivity index (χ2n) is 8.85. The number of anilines is 1. The lowest BCUT2D eigenvalue weighted by molar-refractivity contribution is -0.121. The zero-order chi connectivity index (χ0) is 25.9. The molecule has 2 heterocycles. The fourth-order valence-corrected chi connectivity index (χ4v) is 5.40. The van der Waals surface area contributed by atoms with Crippen molar-refractivity contribution in [1.82, 2.24) is 5.01 Å². The molecule has 5 rings (SSSR count). The Balaban J connectivity index is 1.33. The van der Waals surface area contributed by atoms with Gasteiger partial charge in [-0.15, -0.1) is 0 Å². The van der Waals surface area contributed by atoms with Gasteiger partial charge in [-0.1, -0.05) is 65.3 Å². The number of amidine groups is 1. The van der Waals surface area contributed by atoms with Crippen LogP contribution in [0.3, 0.4) is 0 Å². The Kier molecular flexibility index (Phi) is 7.30. The van der Waals surface area contributed by atoms with Gasteiger partial charge >= 0.3 is 0 Å². The van der Waals surface area contributed by atoms with Crippen LogP contribution < -0.4 is 10.1 Å². The highest BCUT2D eigenvalue weighted by Gasteiger charge is 2.39. The maximum absolute atomic E-state index is 12.8. The summed E-state index contributed by atoms with van der Waals surface area (Å²) in [5.41, 5.74) is 4.74. The minimum Gasteiger partial charge on any atom is -0.497 e. The van der Waals surface area contributed by atoms with E-state index >= 15 is 0 Å². The van der Waals surface area contributed by atoms with Gasteiger partial charge in [0.25, 0.3) is 5.91 Å². The van der Waals surface area contributed by atoms with Crippen LogP contribution in [-0.4, -0.2) is 40.1 Å². The molecule has 7 nitrogen and oxygen atoms in total. The van der Waals surface area contributed by atoms with Gasteiger partial charge in [0.2, 0.25) is 5.91 Å². The summed E-state index contributed by atoms with van der Waals surface area (Å²) < 4.78 is 5.15. The van der Waals surface area contributed by atoms with E-state index < -0.39 is 5.25 Å². The van der Waals surface area contributed by atoms with Gasteiger partial charge in [0.15, 0.2) is 5.17 Å². The number of aryl methyl sites for hydroxylation is 1. The predicted molar refractivity (Wildman–Crippen MR) is 148 cm³/mol. The Morgan fingerprint density at radius 2 is 1.78 bits per heavy atom. The number of hydrogen-bond acceptors (Lipinski definition) is 6. The Morgan fingerprint density at radius 3 is 2.46 bits per heavy atom. The number of carbonyl (C=O) groups excluding carboxylic acids is 2. The third-order valence-corrected chi connectivity index (χ3v) is 7.61. The first-order chi connectivity index (χ1) is 17.9. The lowest BCUT2D eigenvalue weighted by Crippen LogP contribution is -2.25. The van der Waals surface area contributed by atoms with E-state index in [4.69, 9.17) is 21.4 Å². The van der Waals surface area contributed by atoms with E-state index in [0.29, 0.717) is 28.0 Å². The first kappa shape index (κ1) is 25.0. The number of ether oxygens (including phenoxy) is 1. The highest BCUT2D eigenvalue weighted by molar-refractivity contribution is 8.15. The van der Waals surface area contributed by atoms with Gasteiger partial charge in [-0.3, -0.25) is 9.59 Å². The number of hydrogen-bond donors (Lipinski definition) is 1. The molecule has 2 amide bonds. The van der Waals surface area contributed by atoms with Crippen molar-refractivity contribution in [2.24, 2.45) is 10.1 Å². The number of halogens is 1. The number of benzene rings is 3. The van der Waals surface area contributed by atoms with Crippen LogP contribution in [0, 0.1) is 6.92 Å². The van der Waals surface area contributed by atoms with E-state index in [-0.39, 0.29) is 24.3 Å². The number of amides is 2. The molecule has 0 saturated heterocycles. The maximum atomic E-state index is 12.8. The summed E-state index contributed by atoms with van der Waals surface area (Å²) in [6.07, 6.45) is 0.667. The fraction of sp³-hybridized carbons (Fsp3) is 0.214. The molecule has 0 fully saturated rings. The number of nitrogens with zero attached hydrogens (tertiary/aromatic N) is 3. The number of methoxy groups -OCH3 is 1. The molecule has 37 heavy (non-hydrogen) atoms. The molecule has 3 aromatic carbocycles. The predicted octanol–water partition coefficient (Wildman–Crippen LogP) is 5.83. The van der Waals surface area contributed by atoms with Gasteiger partial charge in [-0.25, -0.2) is 5.01 Å². The van der Waals surface area contributed by atoms with E-state index in [0.717, 1.165) is 22.4 Å². The first-order valence-electron chi connectivity index (χ1n) is 11.8. The van der Waals surface area contributed by atoms with Crippen molar-refractivity contribution < 1.29 is 14.3 Å². The molecular weight excluding hydrogens is 508 g/mol. The SMILES string of the molecule is COc1ccc(NC(=O)C[C@@H]2SC(N3N=C(c4ccc(Cl)cc4)C[C@H]3c3ccc(C)cc3)=NC2=O)cc1. The summed E-state index contributed by atoms with van der Waals surface area (Å²) in [6, 6.07) is 22.8. The lowest BCUT2D eigenvalue weighted by atomic mass is 9.98. The molecule has 0 saturated carbocycles. The van der Waals surface area contributed by atoms with E-state index in [9.17, 15) is 9.59 Å². The molecule has 188 valence electrons. The van der Waals surface area contributed by atoms with Crippen molar-refractivity contribution in [2.75, 3.05) is 12.4 Å². The van der Waals surface area contributed by atoms with Gasteiger partial charge < -0.3 is 10.1 Å². The molecule has 0 unspecified atom stereocenters. The van der Waals surface area contributed by atoms with E-state index in [1.807, 2.05) is 36.2 Å². The molecule has 0 bridgehead atoms. The minimum atomic E-state index is -0.610. The quantitative estimate of drug-likeness (QED) is 0.431. The average Bonchev–Trinajstić information content (AvgIpc) is 3.49. The van der Waals surface area contributed by atoms with Crippen LogP contribution in [0.15, 0.2) is 82.9 Å². The van der Waals surface area contributed by atoms with Gasteiger partial charge in [0.1, 0.15) is 11.0 Å². The van der Waals surface area contributed by atoms with Gasteiger partial charge in [0, 0.05) is 23.6 Å². The molecule has 2 aliphatic heterocycles. The Bertz CT molecular complexity index is 1370. The summed E-state index contributed by atoms with van der Waals surface area (Å²) in [7, 11) is 1.58. The topological polar surface area (TPSA) is 83.4 Å². The zero-order valence-corrected chi connectivity index (χ0v) is 21.9. The Hall–Kier alpha value is -3.62. The molecule has 9 heteroatoms. The number of aliphatic imine (C=N–C) groups is 1. The Morgan fingerprint density at radius 1 is 1.08 bits per heavy atom. The second-order valence-corrected chi connectivity index (χ2v) is 10.5. The number of rotatable bonds is 6. The third-order valence-electron chi connectivity index (χ3n) is 6.22. The lowest BCUT2D eigenvalue weighted by Gasteiger charge is -2.23. The van der Waals surface area contributed by atoms with Crippen LogP contribution >= 0.6 is 23.4 Å². The normalized spacial score (nSPS) is 19.0. The van der Waals surface area contributed by atoms with Crippen LogP contribution in [0.1, 0.15) is 35.6 Å². The standard InChI is InChI=1S/C28H25ClN4O3S/c1-17-3-5-19(6-4-17)24-15-23(18-7-9-20(29)10-8-18)32-33(24)28-31-27(35)25(37-28)16-26(34)30-21-11-13-22(36-2)14-12-21/h3-14,24-25H,15-16H2,1-2H3,(H,30,34)/t24-,25-/m0/s1. The van der Waals surface area contributed by atoms with Crippen molar-refractivity contribution in [2.45, 2.75) is 31.1 Å². The van der Waals surface area contributed by atoms with E-state index in [1.165, 1.54) is 11.8 Å². The summed E-state index contributed by atoms with van der Waals surface area (Å²) in [5, 5.41) is 10.1. The number of thioether (sulfide) groups is 1. The largest absolute Gasteiger partial charge is 0.497 e. The highest BCUT2D eigenvalue weighted by atomic mass is 35.5. The van der Waals surface area contributed by atoms with Gasteiger partial charge in [-0.2, -0.15) is 10.1 Å². The fourth-order valence-electron chi connectivity index (χ4n) is 4.21. The molecule has 1 N–H and O–H groups in total. The van der Waals surface area contributed by atoms with E-state index in [2.05, 4.69) is 34.6 Å². The van der Waals surface area contributed by atoms with Crippen molar-refractivity contribution in [3.8, 4) is 5.75 Å². The molecule has 3 aromatic rings. The third kappa shape index (κ3) is 5.70. The smallest absolute Gasteiger partial charge is 0.262 e. The van der Waals surface area contributed by atoms with Crippen LogP contribution in [-0.2, 0) is 9.59 Å². The average molecular weight is 533 g/mol. The molecule has 0 aromatic heterocycles. The molecular formula is C28H25ClN4O3S. The van der Waals surface area contributed by atoms with Crippen LogP contribution in [0.5, 0.6) is 5.75 Å². The van der Waals surface area contributed by atoms with Crippen LogP contribution in [0.4, 0.5) is 5.69 Å². The maximum Gasteiger partial charge on any atom is 0.262 e. The highest BCUT2D eigenvalue weighted by Crippen LogP contribution is 2.38. The number of nitrogens with one attached hydrogen (secondary N) is 1. The van der Waals surface area contributed by atoms with Crippen LogP contribution in [0.25, 0.3) is 0 Å². The van der Waals surface area contributed by atoms with E-state index in [1.54, 1.807) is 31.4 Å². The summed E-state index contributed by atoms with van der Waals surface area (Å²) in [4.78, 5) is 29.8. The number of carbonyl (C=O) groups is 2. The monoisotopic (exact) mass is 532 g/mol. The summed E-state index contributed by atoms with van der Waals surface area (Å²) >= 11 is 7.36. The zero-order valence-electron chi connectivity index (χ0n) is 20.3. The molecule has 0 aliphatic carbocycles. The van der Waals surface area contributed by atoms with Gasteiger partial charge in [0.05, 0.1) is 18.9 Å². The van der Waals surface area contributed by atoms with Crippen molar-refractivity contribution >= 4 is 51.7 Å². The van der Waals surface area contributed by atoms with Crippen LogP contribution in [0.2, 0.25) is 5.02 Å². The summed E-state index contributed by atoms with van der Waals surface area (Å²) in [5.74, 6) is 0.113. The first-order valence-corrected chi connectivity index (χ1v) is 13.1. The second kappa shape index (κ2) is 10.8. The summed E-state index contributed by atoms with van der Waals surface area (Å²) in [6.45, 7) is 2.04. The van der Waals surface area contributed by atoms with Crippen molar-refractivity contribution in [1.29, 1.82) is 0 Å². The molecule has 0 spiro atoms. The van der Waals surface area contributed by atoms with Gasteiger partial charge in [-0.05, 0) is 54.4 Å².